The first kappa shape index (κ1) is 11.9. The van der Waals surface area contributed by atoms with Gasteiger partial charge in [0, 0.05) is 11.9 Å². The van der Waals surface area contributed by atoms with E-state index in [0.717, 1.165) is 29.7 Å². The summed E-state index contributed by atoms with van der Waals surface area (Å²) in [5, 5.41) is 1.12. The normalized spacial score (nSPS) is 11.0. The number of likely N-dealkylation sites (N-methyl/N-ethyl adjacent to an activating group) is 1. The van der Waals surface area contributed by atoms with Crippen LogP contribution in [0.25, 0.3) is 10.9 Å². The maximum absolute atomic E-state index is 5.68. The number of pyridine rings is 1. The zero-order valence-electron chi connectivity index (χ0n) is 10.4. The van der Waals surface area contributed by atoms with E-state index in [1.54, 1.807) is 6.20 Å². The molecule has 0 N–H and O–H groups in total. The summed E-state index contributed by atoms with van der Waals surface area (Å²) in [5.41, 5.74) is 1.01. The van der Waals surface area contributed by atoms with Crippen molar-refractivity contribution >= 4 is 10.9 Å². The van der Waals surface area contributed by atoms with E-state index >= 15 is 0 Å². The molecule has 0 atom stereocenters. The molecule has 0 saturated carbocycles. The van der Waals surface area contributed by atoms with Crippen LogP contribution in [0.2, 0.25) is 0 Å². The molecule has 0 saturated heterocycles. The molecular weight excluding hydrogens is 212 g/mol. The minimum atomic E-state index is 0.699. The third-order valence-electron chi connectivity index (χ3n) is 2.85. The summed E-state index contributed by atoms with van der Waals surface area (Å²) < 4.78 is 5.68. The smallest absolute Gasteiger partial charge is 0.138 e. The average Bonchev–Trinajstić information content (AvgIpc) is 2.38. The van der Waals surface area contributed by atoms with E-state index in [1.165, 1.54) is 0 Å². The summed E-state index contributed by atoms with van der Waals surface area (Å²) in [4.78, 5) is 6.58. The fourth-order valence-electron chi connectivity index (χ4n) is 1.61. The molecular formula is C14H18N2O. The van der Waals surface area contributed by atoms with E-state index in [1.807, 2.05) is 30.3 Å². The third-order valence-corrected chi connectivity index (χ3v) is 2.85. The third kappa shape index (κ3) is 3.17. The van der Waals surface area contributed by atoms with Gasteiger partial charge in [0.05, 0.1) is 11.7 Å². The molecule has 3 nitrogen and oxygen atoms in total. The van der Waals surface area contributed by atoms with E-state index in [-0.39, 0.29) is 0 Å². The van der Waals surface area contributed by atoms with Crippen molar-refractivity contribution < 1.29 is 4.74 Å². The van der Waals surface area contributed by atoms with E-state index in [2.05, 4.69) is 23.9 Å². The zero-order chi connectivity index (χ0) is 12.1. The maximum Gasteiger partial charge on any atom is 0.138 e. The Hall–Kier alpha value is -1.61. The standard InChI is InChI=1S/C14H18N2O/c1-3-16(2)8-9-17-13-10-12-6-4-5-7-14(12)15-11-13/h4-7,10-11H,3,8-9H2,1-2H3. The first-order valence-corrected chi connectivity index (χ1v) is 5.95. The largest absolute Gasteiger partial charge is 0.491 e. The Labute approximate surface area is 102 Å². The van der Waals surface area contributed by atoms with Gasteiger partial charge in [0.15, 0.2) is 0 Å². The summed E-state index contributed by atoms with van der Waals surface area (Å²) in [7, 11) is 2.09. The highest BCUT2D eigenvalue weighted by molar-refractivity contribution is 5.79. The van der Waals surface area contributed by atoms with Gasteiger partial charge in [-0.05, 0) is 25.7 Å². The molecule has 0 aliphatic rings. The van der Waals surface area contributed by atoms with Gasteiger partial charge in [-0.15, -0.1) is 0 Å². The molecule has 1 aromatic carbocycles. The first-order chi connectivity index (χ1) is 8.29. The van der Waals surface area contributed by atoms with Crippen molar-refractivity contribution in [3.05, 3.63) is 36.5 Å². The molecule has 0 fully saturated rings. The molecule has 17 heavy (non-hydrogen) atoms. The monoisotopic (exact) mass is 230 g/mol. The molecule has 2 rings (SSSR count). The number of para-hydroxylation sites is 1. The molecule has 90 valence electrons. The van der Waals surface area contributed by atoms with Crippen LogP contribution < -0.4 is 4.74 Å². The highest BCUT2D eigenvalue weighted by Gasteiger charge is 1.99. The molecule has 3 heteroatoms. The van der Waals surface area contributed by atoms with Crippen molar-refractivity contribution in [1.82, 2.24) is 9.88 Å². The number of aromatic nitrogens is 1. The van der Waals surface area contributed by atoms with Gasteiger partial charge in [-0.3, -0.25) is 4.98 Å². The Kier molecular flexibility index (Phi) is 3.94. The second kappa shape index (κ2) is 5.64. The van der Waals surface area contributed by atoms with E-state index in [0.29, 0.717) is 6.61 Å². The van der Waals surface area contributed by atoms with Crippen molar-refractivity contribution in [2.45, 2.75) is 6.92 Å². The maximum atomic E-state index is 5.68. The van der Waals surface area contributed by atoms with Crippen molar-refractivity contribution in [3.8, 4) is 5.75 Å². The Morgan fingerprint density at radius 2 is 2.12 bits per heavy atom. The molecule has 0 aliphatic heterocycles. The number of nitrogens with zero attached hydrogens (tertiary/aromatic N) is 2. The fourth-order valence-corrected chi connectivity index (χ4v) is 1.61. The first-order valence-electron chi connectivity index (χ1n) is 5.95. The summed E-state index contributed by atoms with van der Waals surface area (Å²) in [6, 6.07) is 10.1. The van der Waals surface area contributed by atoms with Gasteiger partial charge in [0.25, 0.3) is 0 Å². The quantitative estimate of drug-likeness (QED) is 0.789. The van der Waals surface area contributed by atoms with Gasteiger partial charge in [-0.2, -0.15) is 0 Å². The second-order valence-electron chi connectivity index (χ2n) is 4.11. The van der Waals surface area contributed by atoms with Crippen LogP contribution in [0, 0.1) is 0 Å². The highest BCUT2D eigenvalue weighted by atomic mass is 16.5. The van der Waals surface area contributed by atoms with Crippen LogP contribution >= 0.6 is 0 Å². The van der Waals surface area contributed by atoms with Gasteiger partial charge < -0.3 is 9.64 Å². The van der Waals surface area contributed by atoms with Gasteiger partial charge in [-0.1, -0.05) is 25.1 Å². The van der Waals surface area contributed by atoms with Crippen molar-refractivity contribution in [1.29, 1.82) is 0 Å². The molecule has 0 unspecified atom stereocenters. The number of ether oxygens (including phenoxy) is 1. The Balaban J connectivity index is 1.99. The minimum absolute atomic E-state index is 0.699. The van der Waals surface area contributed by atoms with Crippen LogP contribution in [0.5, 0.6) is 5.75 Å². The molecule has 1 heterocycles. The van der Waals surface area contributed by atoms with Gasteiger partial charge in [0.1, 0.15) is 12.4 Å². The predicted molar refractivity (Wildman–Crippen MR) is 70.4 cm³/mol. The van der Waals surface area contributed by atoms with Gasteiger partial charge in [0.2, 0.25) is 0 Å². The van der Waals surface area contributed by atoms with E-state index in [9.17, 15) is 0 Å². The Morgan fingerprint density at radius 1 is 1.29 bits per heavy atom. The van der Waals surface area contributed by atoms with E-state index in [4.69, 9.17) is 4.74 Å². The van der Waals surface area contributed by atoms with Crippen LogP contribution in [0.3, 0.4) is 0 Å². The number of benzene rings is 1. The lowest BCUT2D eigenvalue weighted by Gasteiger charge is -2.14. The van der Waals surface area contributed by atoms with Crippen LogP contribution in [0.1, 0.15) is 6.92 Å². The molecule has 0 aliphatic carbocycles. The summed E-state index contributed by atoms with van der Waals surface area (Å²) in [6.45, 7) is 4.81. The van der Waals surface area contributed by atoms with Crippen molar-refractivity contribution in [2.75, 3.05) is 26.7 Å². The number of rotatable bonds is 5. The number of fused-ring (bicyclic) bond motifs is 1. The van der Waals surface area contributed by atoms with Crippen molar-refractivity contribution in [3.63, 3.8) is 0 Å². The number of hydrogen-bond acceptors (Lipinski definition) is 3. The molecule has 0 spiro atoms. The Bertz CT molecular complexity index is 484. The molecule has 0 amide bonds. The average molecular weight is 230 g/mol. The van der Waals surface area contributed by atoms with E-state index < -0.39 is 0 Å². The van der Waals surface area contributed by atoms with Gasteiger partial charge >= 0.3 is 0 Å². The molecule has 2 aromatic rings. The molecule has 1 aromatic heterocycles. The minimum Gasteiger partial charge on any atom is -0.491 e. The number of hydrogen-bond donors (Lipinski definition) is 0. The van der Waals surface area contributed by atoms with Crippen LogP contribution in [0.15, 0.2) is 36.5 Å². The summed E-state index contributed by atoms with van der Waals surface area (Å²) in [5.74, 6) is 0.841. The summed E-state index contributed by atoms with van der Waals surface area (Å²) >= 11 is 0. The van der Waals surface area contributed by atoms with Gasteiger partial charge in [-0.25, -0.2) is 0 Å². The molecule has 0 radical (unpaired) electrons. The lowest BCUT2D eigenvalue weighted by atomic mass is 10.2. The Morgan fingerprint density at radius 3 is 2.94 bits per heavy atom. The highest BCUT2D eigenvalue weighted by Crippen LogP contribution is 2.17. The predicted octanol–water partition coefficient (Wildman–Crippen LogP) is 2.57. The lowest BCUT2D eigenvalue weighted by molar-refractivity contribution is 0.243. The van der Waals surface area contributed by atoms with Crippen LogP contribution in [0.4, 0.5) is 0 Å². The van der Waals surface area contributed by atoms with Crippen LogP contribution in [-0.4, -0.2) is 36.6 Å². The lowest BCUT2D eigenvalue weighted by Crippen LogP contribution is -2.23. The topological polar surface area (TPSA) is 25.4 Å². The van der Waals surface area contributed by atoms with Crippen molar-refractivity contribution in [2.24, 2.45) is 0 Å². The molecule has 0 bridgehead atoms. The van der Waals surface area contributed by atoms with Crippen LogP contribution in [-0.2, 0) is 0 Å². The summed E-state index contributed by atoms with van der Waals surface area (Å²) in [6.07, 6.45) is 1.79. The fraction of sp³-hybridized carbons (Fsp3) is 0.357. The second-order valence-corrected chi connectivity index (χ2v) is 4.11. The SMILES string of the molecule is CCN(C)CCOc1cnc2ccccc2c1. The zero-order valence-corrected chi connectivity index (χ0v) is 10.4.